The molecule has 2 aromatic heterocycles. The monoisotopic (exact) mass is 352 g/mol. The van der Waals surface area contributed by atoms with Crippen LogP contribution in [0.3, 0.4) is 0 Å². The number of nitrogens with zero attached hydrogens (tertiary/aromatic N) is 4. The van der Waals surface area contributed by atoms with E-state index in [9.17, 15) is 9.59 Å². The van der Waals surface area contributed by atoms with Crippen molar-refractivity contribution in [3.8, 4) is 0 Å². The van der Waals surface area contributed by atoms with Crippen LogP contribution in [0.25, 0.3) is 0 Å². The van der Waals surface area contributed by atoms with Gasteiger partial charge in [0, 0.05) is 19.7 Å². The van der Waals surface area contributed by atoms with Gasteiger partial charge >= 0.3 is 0 Å². The van der Waals surface area contributed by atoms with E-state index in [0.717, 1.165) is 11.3 Å². The van der Waals surface area contributed by atoms with E-state index in [1.165, 1.54) is 10.9 Å². The highest BCUT2D eigenvalue weighted by Crippen LogP contribution is 2.20. The number of anilines is 2. The number of aryl methyl sites for hydroxylation is 3. The zero-order valence-corrected chi connectivity index (χ0v) is 15.1. The largest absolute Gasteiger partial charge is 0.319 e. The second-order valence-corrected chi connectivity index (χ2v) is 6.02. The molecule has 0 saturated carbocycles. The normalized spacial score (nSPS) is 10.6. The van der Waals surface area contributed by atoms with E-state index in [2.05, 4.69) is 20.8 Å². The third-order valence-corrected chi connectivity index (χ3v) is 4.28. The van der Waals surface area contributed by atoms with Gasteiger partial charge in [0.2, 0.25) is 0 Å². The first-order valence-corrected chi connectivity index (χ1v) is 8.07. The molecular weight excluding hydrogens is 332 g/mol. The Kier molecular flexibility index (Phi) is 4.57. The maximum Gasteiger partial charge on any atom is 0.276 e. The van der Waals surface area contributed by atoms with Crippen LogP contribution >= 0.6 is 0 Å². The van der Waals surface area contributed by atoms with Crippen molar-refractivity contribution in [3.05, 3.63) is 59.2 Å². The Labute approximate surface area is 150 Å². The van der Waals surface area contributed by atoms with Gasteiger partial charge in [0.15, 0.2) is 0 Å². The fourth-order valence-corrected chi connectivity index (χ4v) is 2.62. The molecule has 0 saturated heterocycles. The summed E-state index contributed by atoms with van der Waals surface area (Å²) in [5, 5.41) is 13.8. The van der Waals surface area contributed by atoms with E-state index in [4.69, 9.17) is 0 Å². The smallest absolute Gasteiger partial charge is 0.276 e. The highest BCUT2D eigenvalue weighted by atomic mass is 16.2. The molecule has 26 heavy (non-hydrogen) atoms. The third-order valence-electron chi connectivity index (χ3n) is 4.28. The lowest BCUT2D eigenvalue weighted by Crippen LogP contribution is -2.20. The van der Waals surface area contributed by atoms with Crippen LogP contribution < -0.4 is 10.6 Å². The van der Waals surface area contributed by atoms with E-state index in [-0.39, 0.29) is 17.5 Å². The predicted octanol–water partition coefficient (Wildman–Crippen LogP) is 2.28. The van der Waals surface area contributed by atoms with Crippen molar-refractivity contribution in [1.29, 1.82) is 0 Å². The Morgan fingerprint density at radius 3 is 2.15 bits per heavy atom. The standard InChI is InChI=1S/C18H20N6O2/c1-11-7-5-6-8-13(11)17(25)22-15-10-20-24(4)16(15)18(26)21-14-9-19-23(3)12(14)2/h5-10H,1-4H3,(H,21,26)(H,22,25). The molecule has 134 valence electrons. The van der Waals surface area contributed by atoms with Crippen LogP contribution in [0.15, 0.2) is 36.7 Å². The molecule has 0 aliphatic carbocycles. The van der Waals surface area contributed by atoms with Crippen LogP contribution in [0.1, 0.15) is 32.1 Å². The molecule has 2 heterocycles. The molecule has 8 nitrogen and oxygen atoms in total. The molecule has 0 bridgehead atoms. The summed E-state index contributed by atoms with van der Waals surface area (Å²) in [6, 6.07) is 7.26. The van der Waals surface area contributed by atoms with Gasteiger partial charge in [0.05, 0.1) is 29.5 Å². The first-order chi connectivity index (χ1) is 12.4. The Bertz CT molecular complexity index is 985. The van der Waals surface area contributed by atoms with Crippen molar-refractivity contribution in [1.82, 2.24) is 19.6 Å². The Hall–Kier alpha value is -3.42. The van der Waals surface area contributed by atoms with Crippen LogP contribution in [-0.4, -0.2) is 31.4 Å². The number of carbonyl (C=O) groups excluding carboxylic acids is 2. The number of hydrogen-bond acceptors (Lipinski definition) is 4. The van der Waals surface area contributed by atoms with Crippen LogP contribution in [0, 0.1) is 13.8 Å². The van der Waals surface area contributed by atoms with Gasteiger partial charge in [0.25, 0.3) is 11.8 Å². The SMILES string of the molecule is Cc1ccccc1C(=O)Nc1cnn(C)c1C(=O)Nc1cnn(C)c1C. The number of nitrogens with one attached hydrogen (secondary N) is 2. The molecule has 3 aromatic rings. The molecule has 0 atom stereocenters. The van der Waals surface area contributed by atoms with Crippen LogP contribution in [0.2, 0.25) is 0 Å². The fourth-order valence-electron chi connectivity index (χ4n) is 2.62. The average molecular weight is 352 g/mol. The summed E-state index contributed by atoms with van der Waals surface area (Å²) in [5.74, 6) is -0.663. The third kappa shape index (κ3) is 3.21. The summed E-state index contributed by atoms with van der Waals surface area (Å²) in [4.78, 5) is 25.2. The minimum absolute atomic E-state index is 0.259. The number of rotatable bonds is 4. The molecule has 0 unspecified atom stereocenters. The molecule has 2 amide bonds. The minimum atomic E-state index is -0.374. The molecule has 8 heteroatoms. The molecule has 2 N–H and O–H groups in total. The number of aromatic nitrogens is 4. The topological polar surface area (TPSA) is 93.8 Å². The second-order valence-electron chi connectivity index (χ2n) is 6.02. The molecule has 0 aliphatic heterocycles. The quantitative estimate of drug-likeness (QED) is 0.753. The molecule has 0 fully saturated rings. The van der Waals surface area contributed by atoms with Gasteiger partial charge in [0.1, 0.15) is 5.69 Å². The molecular formula is C18H20N6O2. The highest BCUT2D eigenvalue weighted by molar-refractivity contribution is 6.12. The predicted molar refractivity (Wildman–Crippen MR) is 98.2 cm³/mol. The molecule has 0 spiro atoms. The van der Waals surface area contributed by atoms with Crippen molar-refractivity contribution in [2.75, 3.05) is 10.6 Å². The van der Waals surface area contributed by atoms with Crippen molar-refractivity contribution in [2.24, 2.45) is 14.1 Å². The van der Waals surface area contributed by atoms with Crippen LogP contribution in [0.5, 0.6) is 0 Å². The summed E-state index contributed by atoms with van der Waals surface area (Å²) in [7, 11) is 3.44. The Morgan fingerprint density at radius 1 is 0.885 bits per heavy atom. The highest BCUT2D eigenvalue weighted by Gasteiger charge is 2.21. The number of hydrogen-bond donors (Lipinski definition) is 2. The first-order valence-electron chi connectivity index (χ1n) is 8.07. The maximum atomic E-state index is 12.7. The summed E-state index contributed by atoms with van der Waals surface area (Å²) < 4.78 is 3.09. The van der Waals surface area contributed by atoms with Crippen LogP contribution in [-0.2, 0) is 14.1 Å². The molecule has 1 aromatic carbocycles. The van der Waals surface area contributed by atoms with Gasteiger partial charge in [-0.15, -0.1) is 0 Å². The van der Waals surface area contributed by atoms with Crippen molar-refractivity contribution < 1.29 is 9.59 Å². The van der Waals surface area contributed by atoms with Gasteiger partial charge in [-0.1, -0.05) is 18.2 Å². The van der Waals surface area contributed by atoms with Gasteiger partial charge in [-0.25, -0.2) is 0 Å². The first kappa shape index (κ1) is 17.4. The molecule has 3 rings (SSSR count). The van der Waals surface area contributed by atoms with Crippen molar-refractivity contribution >= 4 is 23.2 Å². The minimum Gasteiger partial charge on any atom is -0.319 e. The van der Waals surface area contributed by atoms with E-state index in [0.29, 0.717) is 16.9 Å². The molecule has 0 radical (unpaired) electrons. The van der Waals surface area contributed by atoms with E-state index >= 15 is 0 Å². The summed E-state index contributed by atoms with van der Waals surface area (Å²) >= 11 is 0. The average Bonchev–Trinajstić information content (AvgIpc) is 3.12. The van der Waals surface area contributed by atoms with E-state index < -0.39 is 0 Å². The Balaban J connectivity index is 1.85. The van der Waals surface area contributed by atoms with Crippen LogP contribution in [0.4, 0.5) is 11.4 Å². The zero-order valence-electron chi connectivity index (χ0n) is 15.1. The summed E-state index contributed by atoms with van der Waals surface area (Å²) in [5.41, 5.74) is 3.44. The van der Waals surface area contributed by atoms with Crippen molar-refractivity contribution in [3.63, 3.8) is 0 Å². The zero-order chi connectivity index (χ0) is 18.8. The Morgan fingerprint density at radius 2 is 1.50 bits per heavy atom. The lowest BCUT2D eigenvalue weighted by molar-refractivity contribution is 0.101. The number of benzene rings is 1. The van der Waals surface area contributed by atoms with Gasteiger partial charge in [-0.3, -0.25) is 19.0 Å². The lowest BCUT2D eigenvalue weighted by Gasteiger charge is -2.10. The van der Waals surface area contributed by atoms with Gasteiger partial charge in [-0.05, 0) is 25.5 Å². The number of amides is 2. The second kappa shape index (κ2) is 6.83. The van der Waals surface area contributed by atoms with Gasteiger partial charge < -0.3 is 10.6 Å². The summed E-state index contributed by atoms with van der Waals surface area (Å²) in [6.07, 6.45) is 3.04. The summed E-state index contributed by atoms with van der Waals surface area (Å²) in [6.45, 7) is 3.71. The van der Waals surface area contributed by atoms with Gasteiger partial charge in [-0.2, -0.15) is 10.2 Å². The maximum absolute atomic E-state index is 12.7. The molecule has 0 aliphatic rings. The number of carbonyl (C=O) groups is 2. The fraction of sp³-hybridized carbons (Fsp3) is 0.222. The van der Waals surface area contributed by atoms with E-state index in [1.807, 2.05) is 26.0 Å². The lowest BCUT2D eigenvalue weighted by atomic mass is 10.1. The van der Waals surface area contributed by atoms with Crippen molar-refractivity contribution in [2.45, 2.75) is 13.8 Å². The van der Waals surface area contributed by atoms with E-state index in [1.54, 1.807) is 37.1 Å².